The van der Waals surface area contributed by atoms with E-state index in [1.165, 1.54) is 0 Å². The molecule has 6 nitrogen and oxygen atoms in total. The Bertz CT molecular complexity index is 1480. The van der Waals surface area contributed by atoms with Gasteiger partial charge < -0.3 is 9.64 Å². The van der Waals surface area contributed by atoms with E-state index in [0.29, 0.717) is 56.9 Å². The minimum Gasteiger partial charge on any atom is -0.378 e. The molecule has 39 heavy (non-hydrogen) atoms. The van der Waals surface area contributed by atoms with Crippen molar-refractivity contribution in [3.63, 3.8) is 0 Å². The lowest BCUT2D eigenvalue weighted by Crippen LogP contribution is -2.49. The van der Waals surface area contributed by atoms with Crippen molar-refractivity contribution in [1.29, 1.82) is 0 Å². The quantitative estimate of drug-likeness (QED) is 0.453. The van der Waals surface area contributed by atoms with Gasteiger partial charge in [0.2, 0.25) is 10.0 Å². The summed E-state index contributed by atoms with van der Waals surface area (Å²) in [6.07, 6.45) is 4.11. The molecule has 0 spiro atoms. The van der Waals surface area contributed by atoms with E-state index in [1.807, 2.05) is 42.5 Å². The number of anilines is 1. The molecule has 2 heterocycles. The summed E-state index contributed by atoms with van der Waals surface area (Å²) >= 11 is 0. The summed E-state index contributed by atoms with van der Waals surface area (Å²) in [4.78, 5) is 14.9. The van der Waals surface area contributed by atoms with Crippen molar-refractivity contribution in [2.24, 2.45) is 5.41 Å². The first kappa shape index (κ1) is 25.8. The van der Waals surface area contributed by atoms with E-state index in [1.54, 1.807) is 22.5 Å². The number of piperidine rings is 1. The van der Waals surface area contributed by atoms with Crippen molar-refractivity contribution in [3.8, 4) is 11.1 Å². The first-order valence-corrected chi connectivity index (χ1v) is 15.0. The number of hydrogen-bond acceptors (Lipinski definition) is 5. The number of sulfonamides is 1. The fourth-order valence-corrected chi connectivity index (χ4v) is 7.75. The van der Waals surface area contributed by atoms with Gasteiger partial charge in [-0.2, -0.15) is 4.31 Å². The molecule has 1 atom stereocenters. The molecule has 0 saturated carbocycles. The van der Waals surface area contributed by atoms with Gasteiger partial charge in [-0.05, 0) is 72.9 Å². The van der Waals surface area contributed by atoms with Crippen molar-refractivity contribution in [2.45, 2.75) is 30.6 Å². The summed E-state index contributed by atoms with van der Waals surface area (Å²) in [5, 5.41) is 0. The molecule has 200 valence electrons. The highest BCUT2D eigenvalue weighted by Crippen LogP contribution is 2.46. The number of fused-ring (bicyclic) bond motifs is 1. The average Bonchev–Trinajstić information content (AvgIpc) is 2.98. The summed E-state index contributed by atoms with van der Waals surface area (Å²) in [6, 6.07) is 27.2. The van der Waals surface area contributed by atoms with Crippen LogP contribution in [0.5, 0.6) is 0 Å². The molecule has 3 aromatic carbocycles. The molecule has 0 radical (unpaired) electrons. The second-order valence-electron chi connectivity index (χ2n) is 10.7. The second-order valence-corrected chi connectivity index (χ2v) is 12.6. The maximum absolute atomic E-state index is 13.9. The fraction of sp³-hybridized carbons (Fsp3) is 0.344. The number of ketones is 1. The molecule has 2 saturated heterocycles. The minimum atomic E-state index is -3.71. The highest BCUT2D eigenvalue weighted by atomic mass is 32.2. The molecule has 1 unspecified atom stereocenters. The monoisotopic (exact) mass is 540 g/mol. The van der Waals surface area contributed by atoms with Crippen molar-refractivity contribution < 1.29 is 17.9 Å². The molecule has 2 fully saturated rings. The Morgan fingerprint density at radius 2 is 1.72 bits per heavy atom. The maximum Gasteiger partial charge on any atom is 0.243 e. The first-order valence-electron chi connectivity index (χ1n) is 13.6. The molecule has 0 N–H and O–H groups in total. The standard InChI is InChI=1S/C32H32N2O4S/c35-28-14-16-32(23-25-6-2-1-3-7-25)24-34(17-15-27(32)22-28)39(36,37)29-12-10-26(11-13-29)30-8-4-5-9-31(30)33-18-20-38-21-19-33/h2,4-13,22H,14-21,23-24H2. The van der Waals surface area contributed by atoms with Crippen LogP contribution in [0.2, 0.25) is 0 Å². The van der Waals surface area contributed by atoms with Gasteiger partial charge >= 0.3 is 0 Å². The number of hydrogen-bond donors (Lipinski definition) is 0. The summed E-state index contributed by atoms with van der Waals surface area (Å²) in [6.45, 7) is 3.82. The topological polar surface area (TPSA) is 66.9 Å². The van der Waals surface area contributed by atoms with Crippen LogP contribution >= 0.6 is 0 Å². The zero-order valence-electron chi connectivity index (χ0n) is 21.9. The van der Waals surface area contributed by atoms with Gasteiger partial charge in [-0.3, -0.25) is 4.79 Å². The number of benzene rings is 2. The summed E-state index contributed by atoms with van der Waals surface area (Å²) in [7, 11) is -3.71. The smallest absolute Gasteiger partial charge is 0.243 e. The lowest BCUT2D eigenvalue weighted by Gasteiger charge is -2.46. The minimum absolute atomic E-state index is 0.137. The van der Waals surface area contributed by atoms with E-state index in [0.717, 1.165) is 41.0 Å². The van der Waals surface area contributed by atoms with Crippen LogP contribution in [0.4, 0.5) is 5.69 Å². The SMILES string of the molecule is O=C1C=C2CCN(S(=O)(=O)c3ccc(-c4ccccc4N4CCOCC4)cc3)CC2(Cc2cc#ccc2)CC1. The molecular formula is C32H32N2O4S. The zero-order chi connectivity index (χ0) is 26.9. The Balaban J connectivity index is 1.27. The fourth-order valence-electron chi connectivity index (χ4n) is 6.22. The normalized spacial score (nSPS) is 22.1. The number of morpholine rings is 1. The van der Waals surface area contributed by atoms with Crippen LogP contribution in [0.25, 0.3) is 11.1 Å². The van der Waals surface area contributed by atoms with Gasteiger partial charge in [0.1, 0.15) is 0 Å². The van der Waals surface area contributed by atoms with E-state index in [9.17, 15) is 13.2 Å². The van der Waals surface area contributed by atoms with Crippen LogP contribution in [0, 0.1) is 17.5 Å². The molecule has 7 heteroatoms. The number of rotatable bonds is 6. The molecule has 3 aromatic rings. The van der Waals surface area contributed by atoms with Gasteiger partial charge in [0.25, 0.3) is 0 Å². The number of carbonyl (C=O) groups excluding carboxylic acids is 1. The van der Waals surface area contributed by atoms with Crippen LogP contribution < -0.4 is 4.90 Å². The maximum atomic E-state index is 13.9. The molecule has 0 amide bonds. The predicted molar refractivity (Wildman–Crippen MR) is 151 cm³/mol. The summed E-state index contributed by atoms with van der Waals surface area (Å²) in [5.74, 6) is 0.137. The van der Waals surface area contributed by atoms with Crippen molar-refractivity contribution in [1.82, 2.24) is 4.31 Å². The van der Waals surface area contributed by atoms with Gasteiger partial charge in [-0.25, -0.2) is 8.42 Å². The number of carbonyl (C=O) groups is 1. The van der Waals surface area contributed by atoms with Gasteiger partial charge in [0.05, 0.1) is 18.1 Å². The summed E-state index contributed by atoms with van der Waals surface area (Å²) in [5.41, 5.74) is 4.98. The van der Waals surface area contributed by atoms with Gasteiger partial charge in [0.15, 0.2) is 5.78 Å². The highest BCUT2D eigenvalue weighted by molar-refractivity contribution is 7.89. The number of nitrogens with zero attached hydrogens (tertiary/aromatic N) is 2. The van der Waals surface area contributed by atoms with Crippen LogP contribution in [0.15, 0.2) is 83.3 Å². The summed E-state index contributed by atoms with van der Waals surface area (Å²) < 4.78 is 34.9. The van der Waals surface area contributed by atoms with Gasteiger partial charge in [-0.1, -0.05) is 48.0 Å². The number of ether oxygens (including phenoxy) is 1. The molecule has 0 aromatic heterocycles. The Kier molecular flexibility index (Phi) is 7.03. The van der Waals surface area contributed by atoms with Gasteiger partial charge in [-0.15, -0.1) is 0 Å². The van der Waals surface area contributed by atoms with Crippen LogP contribution in [-0.2, 0) is 26.0 Å². The van der Waals surface area contributed by atoms with Crippen molar-refractivity contribution in [3.05, 3.63) is 96.1 Å². The molecule has 2 aliphatic heterocycles. The van der Waals surface area contributed by atoms with Crippen molar-refractivity contribution in [2.75, 3.05) is 44.3 Å². The molecule has 0 bridgehead atoms. The zero-order valence-corrected chi connectivity index (χ0v) is 22.8. The van der Waals surface area contributed by atoms with Crippen molar-refractivity contribution >= 4 is 21.5 Å². The number of para-hydroxylation sites is 1. The van der Waals surface area contributed by atoms with E-state index in [2.05, 4.69) is 29.2 Å². The van der Waals surface area contributed by atoms with Crippen LogP contribution in [-0.4, -0.2) is 57.9 Å². The van der Waals surface area contributed by atoms with E-state index in [-0.39, 0.29) is 11.2 Å². The Hall–Kier alpha value is -3.44. The molecule has 3 aliphatic rings. The Labute approximate surface area is 231 Å². The first-order chi connectivity index (χ1) is 18.9. The second kappa shape index (κ2) is 10.6. The third-order valence-corrected chi connectivity index (χ3v) is 10.2. The van der Waals surface area contributed by atoms with E-state index in [4.69, 9.17) is 4.74 Å². The lowest BCUT2D eigenvalue weighted by molar-refractivity contribution is -0.116. The van der Waals surface area contributed by atoms with E-state index >= 15 is 0 Å². The molecule has 1 aliphatic carbocycles. The van der Waals surface area contributed by atoms with Crippen LogP contribution in [0.3, 0.4) is 0 Å². The van der Waals surface area contributed by atoms with E-state index < -0.39 is 10.0 Å². The van der Waals surface area contributed by atoms with Crippen LogP contribution in [0.1, 0.15) is 24.8 Å². The highest BCUT2D eigenvalue weighted by Gasteiger charge is 2.45. The molecule has 6 rings (SSSR count). The Morgan fingerprint density at radius 3 is 2.49 bits per heavy atom. The Morgan fingerprint density at radius 1 is 0.923 bits per heavy atom. The lowest BCUT2D eigenvalue weighted by atomic mass is 9.66. The predicted octanol–water partition coefficient (Wildman–Crippen LogP) is 4.70. The average molecular weight is 541 g/mol. The number of allylic oxidation sites excluding steroid dienone is 1. The third kappa shape index (κ3) is 5.12. The van der Waals surface area contributed by atoms with Gasteiger partial charge in [0, 0.05) is 49.3 Å². The molecular weight excluding hydrogens is 508 g/mol. The third-order valence-electron chi connectivity index (χ3n) is 8.30. The largest absolute Gasteiger partial charge is 0.378 e.